The van der Waals surface area contributed by atoms with Crippen molar-refractivity contribution in [2.45, 2.75) is 12.5 Å². The van der Waals surface area contributed by atoms with Gasteiger partial charge in [-0.3, -0.25) is 9.67 Å². The van der Waals surface area contributed by atoms with E-state index in [2.05, 4.69) is 15.4 Å². The van der Waals surface area contributed by atoms with Crippen LogP contribution in [0.15, 0.2) is 30.7 Å². The molecule has 90 valence electrons. The summed E-state index contributed by atoms with van der Waals surface area (Å²) in [6.07, 6.45) is 6.44. The Bertz CT molecular complexity index is 495. The van der Waals surface area contributed by atoms with Crippen LogP contribution in [0.25, 0.3) is 0 Å². The monoisotopic (exact) mass is 250 g/mol. The molecule has 0 aliphatic rings. The van der Waals surface area contributed by atoms with Crippen LogP contribution < -0.4 is 5.32 Å². The fourth-order valence-electron chi connectivity index (χ4n) is 1.80. The Morgan fingerprint density at radius 2 is 2.35 bits per heavy atom. The van der Waals surface area contributed by atoms with Gasteiger partial charge < -0.3 is 5.32 Å². The lowest BCUT2D eigenvalue weighted by molar-refractivity contribution is 0.576. The molecule has 0 spiro atoms. The van der Waals surface area contributed by atoms with Gasteiger partial charge in [-0.2, -0.15) is 5.10 Å². The normalized spacial score (nSPS) is 12.6. The first-order valence-electron chi connectivity index (χ1n) is 5.46. The van der Waals surface area contributed by atoms with Crippen LogP contribution in [0.4, 0.5) is 0 Å². The first-order valence-corrected chi connectivity index (χ1v) is 5.83. The molecule has 1 N–H and O–H groups in total. The van der Waals surface area contributed by atoms with E-state index in [0.717, 1.165) is 17.7 Å². The van der Waals surface area contributed by atoms with Gasteiger partial charge in [0, 0.05) is 19.4 Å². The number of hydrogen-bond acceptors (Lipinski definition) is 3. The van der Waals surface area contributed by atoms with Crippen LogP contribution in [0, 0.1) is 0 Å². The third kappa shape index (κ3) is 2.84. The van der Waals surface area contributed by atoms with Gasteiger partial charge in [0.05, 0.1) is 23.0 Å². The van der Waals surface area contributed by atoms with Crippen molar-refractivity contribution in [1.29, 1.82) is 0 Å². The highest BCUT2D eigenvalue weighted by Crippen LogP contribution is 2.22. The first kappa shape index (κ1) is 12.1. The number of likely N-dealkylation sites (N-methyl/N-ethyl adjacent to an activating group) is 1. The highest BCUT2D eigenvalue weighted by molar-refractivity contribution is 6.31. The number of pyridine rings is 1. The van der Waals surface area contributed by atoms with Gasteiger partial charge in [-0.15, -0.1) is 0 Å². The molecule has 5 heteroatoms. The Morgan fingerprint density at radius 1 is 1.53 bits per heavy atom. The summed E-state index contributed by atoms with van der Waals surface area (Å²) in [5.41, 5.74) is 2.04. The molecule has 1 unspecified atom stereocenters. The summed E-state index contributed by atoms with van der Waals surface area (Å²) in [5.74, 6) is 0. The molecule has 0 saturated carbocycles. The minimum atomic E-state index is 0.105. The van der Waals surface area contributed by atoms with Crippen LogP contribution in [0.5, 0.6) is 0 Å². The van der Waals surface area contributed by atoms with Gasteiger partial charge in [-0.25, -0.2) is 0 Å². The Labute approximate surface area is 106 Å². The number of nitrogens with zero attached hydrogens (tertiary/aromatic N) is 3. The SMILES string of the molecule is CNC(Cc1cnn(C)c1)c1ncccc1Cl. The van der Waals surface area contributed by atoms with Crippen LogP contribution in [0.3, 0.4) is 0 Å². The minimum absolute atomic E-state index is 0.105. The average molecular weight is 251 g/mol. The second kappa shape index (κ2) is 5.29. The van der Waals surface area contributed by atoms with Gasteiger partial charge in [-0.1, -0.05) is 11.6 Å². The Morgan fingerprint density at radius 3 is 2.94 bits per heavy atom. The third-order valence-electron chi connectivity index (χ3n) is 2.66. The van der Waals surface area contributed by atoms with Gasteiger partial charge in [0.1, 0.15) is 0 Å². The van der Waals surface area contributed by atoms with Gasteiger partial charge in [-0.05, 0) is 31.2 Å². The lowest BCUT2D eigenvalue weighted by atomic mass is 10.1. The average Bonchev–Trinajstić information content (AvgIpc) is 2.73. The molecule has 2 aromatic rings. The molecule has 0 amide bonds. The van der Waals surface area contributed by atoms with Crippen molar-refractivity contribution in [2.75, 3.05) is 7.05 Å². The van der Waals surface area contributed by atoms with Crippen LogP contribution in [0.1, 0.15) is 17.3 Å². The zero-order valence-electron chi connectivity index (χ0n) is 9.89. The zero-order chi connectivity index (χ0) is 12.3. The molecule has 0 aromatic carbocycles. The second-order valence-corrected chi connectivity index (χ2v) is 4.35. The molecule has 2 aromatic heterocycles. The number of aryl methyl sites for hydroxylation is 1. The van der Waals surface area contributed by atoms with E-state index in [1.807, 2.05) is 38.6 Å². The van der Waals surface area contributed by atoms with Crippen LogP contribution in [0.2, 0.25) is 5.02 Å². The fraction of sp³-hybridized carbons (Fsp3) is 0.333. The predicted octanol–water partition coefficient (Wildman–Crippen LogP) is 1.97. The van der Waals surface area contributed by atoms with E-state index in [4.69, 9.17) is 11.6 Å². The van der Waals surface area contributed by atoms with E-state index in [-0.39, 0.29) is 6.04 Å². The third-order valence-corrected chi connectivity index (χ3v) is 2.98. The number of aromatic nitrogens is 3. The summed E-state index contributed by atoms with van der Waals surface area (Å²) in [5, 5.41) is 8.08. The van der Waals surface area contributed by atoms with E-state index >= 15 is 0 Å². The maximum absolute atomic E-state index is 6.15. The van der Waals surface area contributed by atoms with E-state index in [1.165, 1.54) is 0 Å². The van der Waals surface area contributed by atoms with E-state index in [9.17, 15) is 0 Å². The first-order chi connectivity index (χ1) is 8.20. The lowest BCUT2D eigenvalue weighted by Crippen LogP contribution is -2.20. The highest BCUT2D eigenvalue weighted by Gasteiger charge is 2.15. The van der Waals surface area contributed by atoms with Crippen molar-refractivity contribution in [3.63, 3.8) is 0 Å². The van der Waals surface area contributed by atoms with Crippen LogP contribution in [-0.4, -0.2) is 21.8 Å². The van der Waals surface area contributed by atoms with Crippen molar-refractivity contribution in [3.8, 4) is 0 Å². The van der Waals surface area contributed by atoms with Gasteiger partial charge in [0.25, 0.3) is 0 Å². The topological polar surface area (TPSA) is 42.7 Å². The molecule has 2 heterocycles. The molecule has 4 nitrogen and oxygen atoms in total. The van der Waals surface area contributed by atoms with Crippen molar-refractivity contribution in [3.05, 3.63) is 47.0 Å². The number of halogens is 1. The summed E-state index contributed by atoms with van der Waals surface area (Å²) in [6.45, 7) is 0. The van der Waals surface area contributed by atoms with E-state index in [1.54, 1.807) is 10.9 Å². The Kier molecular flexibility index (Phi) is 3.76. The maximum Gasteiger partial charge on any atom is 0.0762 e. The fourth-order valence-corrected chi connectivity index (χ4v) is 2.06. The molecule has 17 heavy (non-hydrogen) atoms. The molecular formula is C12H15ClN4. The molecule has 0 aliphatic heterocycles. The second-order valence-electron chi connectivity index (χ2n) is 3.94. The quantitative estimate of drug-likeness (QED) is 0.902. The highest BCUT2D eigenvalue weighted by atomic mass is 35.5. The minimum Gasteiger partial charge on any atom is -0.311 e. The summed E-state index contributed by atoms with van der Waals surface area (Å²) in [7, 11) is 3.82. The predicted molar refractivity (Wildman–Crippen MR) is 68.0 cm³/mol. The number of rotatable bonds is 4. The van der Waals surface area contributed by atoms with Crippen molar-refractivity contribution >= 4 is 11.6 Å². The molecule has 2 rings (SSSR count). The number of hydrogen-bond donors (Lipinski definition) is 1. The molecule has 0 saturated heterocycles. The van der Waals surface area contributed by atoms with Gasteiger partial charge >= 0.3 is 0 Å². The zero-order valence-corrected chi connectivity index (χ0v) is 10.6. The standard InChI is InChI=1S/C12H15ClN4/c1-14-11(6-9-7-16-17(2)8-9)12-10(13)4-3-5-15-12/h3-5,7-8,11,14H,6H2,1-2H3. The summed E-state index contributed by atoms with van der Waals surface area (Å²) in [6, 6.07) is 3.80. The maximum atomic E-state index is 6.15. The smallest absolute Gasteiger partial charge is 0.0762 e. The number of nitrogens with one attached hydrogen (secondary N) is 1. The molecule has 0 radical (unpaired) electrons. The van der Waals surface area contributed by atoms with Crippen molar-refractivity contribution in [1.82, 2.24) is 20.1 Å². The largest absolute Gasteiger partial charge is 0.311 e. The lowest BCUT2D eigenvalue weighted by Gasteiger charge is -2.15. The van der Waals surface area contributed by atoms with Crippen molar-refractivity contribution in [2.24, 2.45) is 7.05 Å². The summed E-state index contributed by atoms with van der Waals surface area (Å²) < 4.78 is 1.79. The molecule has 0 aliphatic carbocycles. The van der Waals surface area contributed by atoms with E-state index < -0.39 is 0 Å². The Balaban J connectivity index is 2.20. The molecular weight excluding hydrogens is 236 g/mol. The van der Waals surface area contributed by atoms with Crippen LogP contribution >= 0.6 is 11.6 Å². The van der Waals surface area contributed by atoms with Crippen molar-refractivity contribution < 1.29 is 0 Å². The van der Waals surface area contributed by atoms with Gasteiger partial charge in [0.2, 0.25) is 0 Å². The molecule has 0 bridgehead atoms. The van der Waals surface area contributed by atoms with Crippen LogP contribution in [-0.2, 0) is 13.5 Å². The molecule has 0 fully saturated rings. The van der Waals surface area contributed by atoms with E-state index in [0.29, 0.717) is 5.02 Å². The van der Waals surface area contributed by atoms with Gasteiger partial charge in [0.15, 0.2) is 0 Å². The summed E-state index contributed by atoms with van der Waals surface area (Å²) in [4.78, 5) is 4.33. The molecule has 1 atom stereocenters. The Hall–Kier alpha value is -1.39. The summed E-state index contributed by atoms with van der Waals surface area (Å²) >= 11 is 6.15.